The molecule has 2 rings (SSSR count). The Kier molecular flexibility index (Phi) is 4.82. The first-order valence-corrected chi connectivity index (χ1v) is 7.56. The van der Waals surface area contributed by atoms with Crippen LogP contribution in [0.3, 0.4) is 0 Å². The molecular weight excluding hydrogens is 255 g/mol. The maximum Gasteiger partial charge on any atom is 0.123 e. The monoisotopic (exact) mass is 280 g/mol. The number of aliphatic hydroxyl groups is 1. The van der Waals surface area contributed by atoms with Crippen molar-refractivity contribution in [3.8, 4) is 0 Å². The second kappa shape index (κ2) is 6.23. The molecule has 3 heteroatoms. The van der Waals surface area contributed by atoms with Gasteiger partial charge < -0.3 is 9.84 Å². The largest absolute Gasteiger partial charge is 0.385 e. The number of ether oxygens (including phenoxy) is 1. The average molecular weight is 280 g/mol. The molecule has 1 fully saturated rings. The molecule has 3 unspecified atom stereocenters. The van der Waals surface area contributed by atoms with E-state index in [0.717, 1.165) is 24.8 Å². The molecule has 20 heavy (non-hydrogen) atoms. The van der Waals surface area contributed by atoms with Gasteiger partial charge in [-0.05, 0) is 55.9 Å². The summed E-state index contributed by atoms with van der Waals surface area (Å²) in [6.07, 6.45) is 3.12. The Morgan fingerprint density at radius 3 is 2.90 bits per heavy atom. The molecule has 0 aromatic heterocycles. The van der Waals surface area contributed by atoms with Gasteiger partial charge >= 0.3 is 0 Å². The van der Waals surface area contributed by atoms with Crippen molar-refractivity contribution in [2.45, 2.75) is 58.2 Å². The predicted octanol–water partition coefficient (Wildman–Crippen LogP) is 4.15. The minimum Gasteiger partial charge on any atom is -0.385 e. The van der Waals surface area contributed by atoms with Crippen molar-refractivity contribution in [2.75, 3.05) is 6.61 Å². The third kappa shape index (κ3) is 3.04. The van der Waals surface area contributed by atoms with Gasteiger partial charge in [0.25, 0.3) is 0 Å². The SMILES string of the molecule is CCOC1(C(O)c2cc(F)ccc2C)CCCC(C)C1. The molecule has 0 aliphatic heterocycles. The van der Waals surface area contributed by atoms with E-state index in [4.69, 9.17) is 4.74 Å². The highest BCUT2D eigenvalue weighted by Crippen LogP contribution is 2.44. The lowest BCUT2D eigenvalue weighted by Gasteiger charge is -2.43. The molecule has 0 heterocycles. The molecule has 0 spiro atoms. The zero-order chi connectivity index (χ0) is 14.8. The molecular formula is C17H25FO2. The van der Waals surface area contributed by atoms with Gasteiger partial charge in [-0.2, -0.15) is 0 Å². The Balaban J connectivity index is 2.35. The maximum absolute atomic E-state index is 13.5. The first kappa shape index (κ1) is 15.5. The van der Waals surface area contributed by atoms with Crippen LogP contribution in [0, 0.1) is 18.7 Å². The normalized spacial score (nSPS) is 28.4. The summed E-state index contributed by atoms with van der Waals surface area (Å²) in [4.78, 5) is 0. The van der Waals surface area contributed by atoms with Crippen molar-refractivity contribution in [3.05, 3.63) is 35.1 Å². The Hall–Kier alpha value is -0.930. The third-order valence-electron chi connectivity index (χ3n) is 4.46. The minimum absolute atomic E-state index is 0.305. The molecule has 1 saturated carbocycles. The van der Waals surface area contributed by atoms with Gasteiger partial charge in [-0.15, -0.1) is 0 Å². The van der Waals surface area contributed by atoms with Gasteiger partial charge in [-0.3, -0.25) is 0 Å². The average Bonchev–Trinajstić information content (AvgIpc) is 2.41. The molecule has 0 bridgehead atoms. The van der Waals surface area contributed by atoms with Crippen LogP contribution in [-0.2, 0) is 4.74 Å². The zero-order valence-electron chi connectivity index (χ0n) is 12.7. The van der Waals surface area contributed by atoms with E-state index in [0.29, 0.717) is 18.1 Å². The Morgan fingerprint density at radius 2 is 2.25 bits per heavy atom. The lowest BCUT2D eigenvalue weighted by molar-refractivity contribution is -0.150. The van der Waals surface area contributed by atoms with Gasteiger partial charge in [0, 0.05) is 6.61 Å². The van der Waals surface area contributed by atoms with Crippen molar-refractivity contribution >= 4 is 0 Å². The van der Waals surface area contributed by atoms with E-state index < -0.39 is 11.7 Å². The van der Waals surface area contributed by atoms with Crippen LogP contribution in [0.15, 0.2) is 18.2 Å². The summed E-state index contributed by atoms with van der Waals surface area (Å²) >= 11 is 0. The number of aryl methyl sites for hydroxylation is 1. The summed E-state index contributed by atoms with van der Waals surface area (Å²) in [5, 5.41) is 10.9. The van der Waals surface area contributed by atoms with Crippen molar-refractivity contribution in [3.63, 3.8) is 0 Å². The lowest BCUT2D eigenvalue weighted by atomic mass is 9.73. The topological polar surface area (TPSA) is 29.5 Å². The molecule has 1 aromatic rings. The van der Waals surface area contributed by atoms with Crippen molar-refractivity contribution in [2.24, 2.45) is 5.92 Å². The van der Waals surface area contributed by atoms with Gasteiger partial charge in [0.1, 0.15) is 11.9 Å². The molecule has 1 N–H and O–H groups in total. The highest BCUT2D eigenvalue weighted by Gasteiger charge is 2.43. The number of halogens is 1. The number of hydrogen-bond donors (Lipinski definition) is 1. The summed E-state index contributed by atoms with van der Waals surface area (Å²) < 4.78 is 19.5. The molecule has 0 amide bonds. The third-order valence-corrected chi connectivity index (χ3v) is 4.46. The fraction of sp³-hybridized carbons (Fsp3) is 0.647. The molecule has 3 atom stereocenters. The lowest BCUT2D eigenvalue weighted by Crippen LogP contribution is -2.43. The first-order valence-electron chi connectivity index (χ1n) is 7.56. The van der Waals surface area contributed by atoms with E-state index in [2.05, 4.69) is 6.92 Å². The predicted molar refractivity (Wildman–Crippen MR) is 78.1 cm³/mol. The van der Waals surface area contributed by atoms with E-state index in [9.17, 15) is 9.50 Å². The maximum atomic E-state index is 13.5. The van der Waals surface area contributed by atoms with Gasteiger partial charge in [-0.1, -0.05) is 25.8 Å². The van der Waals surface area contributed by atoms with Gasteiger partial charge in [-0.25, -0.2) is 4.39 Å². The number of aliphatic hydroxyl groups excluding tert-OH is 1. The fourth-order valence-corrected chi connectivity index (χ4v) is 3.48. The second-order valence-corrected chi connectivity index (χ2v) is 6.10. The first-order chi connectivity index (χ1) is 9.48. The van der Waals surface area contributed by atoms with Crippen LogP contribution >= 0.6 is 0 Å². The summed E-state index contributed by atoms with van der Waals surface area (Å²) in [6, 6.07) is 4.60. The molecule has 1 aromatic carbocycles. The minimum atomic E-state index is -0.763. The summed E-state index contributed by atoms with van der Waals surface area (Å²) in [5.74, 6) is 0.221. The van der Waals surface area contributed by atoms with Crippen LogP contribution in [0.5, 0.6) is 0 Å². The zero-order valence-corrected chi connectivity index (χ0v) is 12.7. The molecule has 1 aliphatic rings. The standard InChI is InChI=1S/C17H25FO2/c1-4-20-17(9-5-6-12(2)11-17)16(19)15-10-14(18)8-7-13(15)3/h7-8,10,12,16,19H,4-6,9,11H2,1-3H3. The highest BCUT2D eigenvalue weighted by atomic mass is 19.1. The number of rotatable bonds is 4. The van der Waals surface area contributed by atoms with E-state index in [1.807, 2.05) is 13.8 Å². The molecule has 0 radical (unpaired) electrons. The van der Waals surface area contributed by atoms with E-state index in [1.54, 1.807) is 6.07 Å². The second-order valence-electron chi connectivity index (χ2n) is 6.10. The summed E-state index contributed by atoms with van der Waals surface area (Å²) in [7, 11) is 0. The molecule has 112 valence electrons. The fourth-order valence-electron chi connectivity index (χ4n) is 3.48. The van der Waals surface area contributed by atoms with Crippen LogP contribution in [0.2, 0.25) is 0 Å². The van der Waals surface area contributed by atoms with E-state index in [1.165, 1.54) is 18.6 Å². The van der Waals surface area contributed by atoms with Crippen LogP contribution < -0.4 is 0 Å². The quantitative estimate of drug-likeness (QED) is 0.897. The Bertz CT molecular complexity index is 456. The highest BCUT2D eigenvalue weighted by molar-refractivity contribution is 5.30. The van der Waals surface area contributed by atoms with E-state index >= 15 is 0 Å². The smallest absolute Gasteiger partial charge is 0.123 e. The van der Waals surface area contributed by atoms with Gasteiger partial charge in [0.05, 0.1) is 5.60 Å². The van der Waals surface area contributed by atoms with Crippen molar-refractivity contribution in [1.29, 1.82) is 0 Å². The number of benzene rings is 1. The molecule has 2 nitrogen and oxygen atoms in total. The van der Waals surface area contributed by atoms with Gasteiger partial charge in [0.2, 0.25) is 0 Å². The molecule has 1 aliphatic carbocycles. The van der Waals surface area contributed by atoms with Crippen molar-refractivity contribution < 1.29 is 14.2 Å². The van der Waals surface area contributed by atoms with Crippen molar-refractivity contribution in [1.82, 2.24) is 0 Å². The van der Waals surface area contributed by atoms with Crippen LogP contribution in [-0.4, -0.2) is 17.3 Å². The van der Waals surface area contributed by atoms with Crippen LogP contribution in [0.25, 0.3) is 0 Å². The number of hydrogen-bond acceptors (Lipinski definition) is 2. The Labute approximate surface area is 121 Å². The van der Waals surface area contributed by atoms with Crippen LogP contribution in [0.4, 0.5) is 4.39 Å². The Morgan fingerprint density at radius 1 is 1.50 bits per heavy atom. The summed E-state index contributed by atoms with van der Waals surface area (Å²) in [5.41, 5.74) is 1.01. The molecule has 0 saturated heterocycles. The van der Waals surface area contributed by atoms with E-state index in [-0.39, 0.29) is 5.82 Å². The summed E-state index contributed by atoms with van der Waals surface area (Å²) in [6.45, 7) is 6.62. The van der Waals surface area contributed by atoms with Crippen LogP contribution in [0.1, 0.15) is 56.8 Å². The van der Waals surface area contributed by atoms with Gasteiger partial charge in [0.15, 0.2) is 0 Å².